The molecule has 1 aliphatic carbocycles. The number of carbonyl (C=O) groups is 1. The number of nitrogens with zero attached hydrogens (tertiary/aromatic N) is 3. The maximum absolute atomic E-state index is 11.2. The fraction of sp³-hybridized carbons (Fsp3) is 0.312. The number of ether oxygens (including phenoxy) is 1. The third-order valence-electron chi connectivity index (χ3n) is 3.81. The molecule has 1 aliphatic rings. The monoisotopic (exact) mass is 297 g/mol. The number of hydrogen-bond acceptors (Lipinski definition) is 4. The van der Waals surface area contributed by atoms with E-state index in [0.717, 1.165) is 5.56 Å². The summed E-state index contributed by atoms with van der Waals surface area (Å²) >= 11 is 0. The van der Waals surface area contributed by atoms with Crippen LogP contribution in [0.3, 0.4) is 0 Å². The van der Waals surface area contributed by atoms with E-state index in [-0.39, 0.29) is 23.5 Å². The lowest BCUT2D eigenvalue weighted by atomic mass is 9.89. The number of rotatable bonds is 5. The molecule has 0 aliphatic heterocycles. The van der Waals surface area contributed by atoms with Crippen molar-refractivity contribution < 1.29 is 14.6 Å². The van der Waals surface area contributed by atoms with Gasteiger partial charge in [-0.3, -0.25) is 4.68 Å². The van der Waals surface area contributed by atoms with Crippen LogP contribution >= 0.6 is 0 Å². The molecule has 22 heavy (non-hydrogen) atoms. The smallest absolute Gasteiger partial charge is 0.354 e. The minimum Gasteiger partial charge on any atom is -0.477 e. The van der Waals surface area contributed by atoms with Gasteiger partial charge in [0.2, 0.25) is 0 Å². The lowest BCUT2D eigenvalue weighted by Gasteiger charge is -2.35. The average Bonchev–Trinajstić information content (AvgIpc) is 2.91. The first-order valence-electron chi connectivity index (χ1n) is 7.06. The first-order valence-corrected chi connectivity index (χ1v) is 7.06. The van der Waals surface area contributed by atoms with Gasteiger partial charge in [-0.2, -0.15) is 10.4 Å². The molecule has 0 radical (unpaired) electrons. The minimum atomic E-state index is -1.07. The van der Waals surface area contributed by atoms with Crippen molar-refractivity contribution in [3.05, 3.63) is 53.3 Å². The summed E-state index contributed by atoms with van der Waals surface area (Å²) in [6, 6.07) is 13.1. The summed E-state index contributed by atoms with van der Waals surface area (Å²) in [5.41, 5.74) is 1.30. The molecule has 1 heterocycles. The van der Waals surface area contributed by atoms with Gasteiger partial charge in [-0.25, -0.2) is 4.79 Å². The van der Waals surface area contributed by atoms with E-state index in [0.29, 0.717) is 19.4 Å². The number of benzene rings is 1. The van der Waals surface area contributed by atoms with Gasteiger partial charge in [0.1, 0.15) is 11.8 Å². The molecule has 0 spiro atoms. The van der Waals surface area contributed by atoms with E-state index in [2.05, 4.69) is 5.10 Å². The van der Waals surface area contributed by atoms with E-state index < -0.39 is 5.97 Å². The van der Waals surface area contributed by atoms with Gasteiger partial charge in [-0.1, -0.05) is 30.3 Å². The average molecular weight is 297 g/mol. The quantitative estimate of drug-likeness (QED) is 0.915. The third kappa shape index (κ3) is 2.85. The highest BCUT2D eigenvalue weighted by Gasteiger charge is 2.34. The molecule has 0 atom stereocenters. The summed E-state index contributed by atoms with van der Waals surface area (Å²) in [7, 11) is 0. The molecule has 6 heteroatoms. The Morgan fingerprint density at radius 2 is 2.14 bits per heavy atom. The fourth-order valence-corrected chi connectivity index (χ4v) is 2.55. The summed E-state index contributed by atoms with van der Waals surface area (Å²) in [6.45, 7) is 0.548. The molecule has 0 amide bonds. The summed E-state index contributed by atoms with van der Waals surface area (Å²) in [5, 5.41) is 22.1. The Balaban J connectivity index is 1.58. The maximum atomic E-state index is 11.2. The van der Waals surface area contributed by atoms with Crippen LogP contribution in [0.15, 0.2) is 36.4 Å². The van der Waals surface area contributed by atoms with Gasteiger partial charge in [0.05, 0.1) is 18.8 Å². The zero-order valence-corrected chi connectivity index (χ0v) is 11.8. The molecule has 3 rings (SSSR count). The Morgan fingerprint density at radius 3 is 2.77 bits per heavy atom. The van der Waals surface area contributed by atoms with Crippen LogP contribution < -0.4 is 0 Å². The van der Waals surface area contributed by atoms with Crippen LogP contribution in [0.2, 0.25) is 0 Å². The number of nitriles is 1. The first kappa shape index (κ1) is 14.3. The zero-order valence-electron chi connectivity index (χ0n) is 11.8. The zero-order chi connectivity index (χ0) is 15.5. The highest BCUT2D eigenvalue weighted by atomic mass is 16.5. The second-order valence-electron chi connectivity index (χ2n) is 5.32. The van der Waals surface area contributed by atoms with Crippen LogP contribution in [0.5, 0.6) is 0 Å². The van der Waals surface area contributed by atoms with E-state index in [4.69, 9.17) is 15.1 Å². The minimum absolute atomic E-state index is 0.0195. The third-order valence-corrected chi connectivity index (χ3v) is 3.81. The molecular weight excluding hydrogens is 282 g/mol. The lowest BCUT2D eigenvalue weighted by Crippen LogP contribution is -2.35. The van der Waals surface area contributed by atoms with Gasteiger partial charge in [0, 0.05) is 6.07 Å². The Morgan fingerprint density at radius 1 is 1.41 bits per heavy atom. The molecule has 0 saturated heterocycles. The van der Waals surface area contributed by atoms with Gasteiger partial charge in [0.15, 0.2) is 5.69 Å². The van der Waals surface area contributed by atoms with Crippen molar-refractivity contribution in [2.75, 3.05) is 0 Å². The highest BCUT2D eigenvalue weighted by Crippen LogP contribution is 2.35. The van der Waals surface area contributed by atoms with Crippen LogP contribution in [0.1, 0.15) is 40.6 Å². The number of carboxylic acid groups (broad SMARTS) is 1. The van der Waals surface area contributed by atoms with E-state index in [1.165, 1.54) is 10.7 Å². The van der Waals surface area contributed by atoms with Crippen molar-refractivity contribution in [2.45, 2.75) is 31.6 Å². The Bertz CT molecular complexity index is 712. The van der Waals surface area contributed by atoms with Crippen LogP contribution in [0, 0.1) is 11.3 Å². The van der Waals surface area contributed by atoms with Crippen molar-refractivity contribution in [3.63, 3.8) is 0 Å². The van der Waals surface area contributed by atoms with Gasteiger partial charge in [0.25, 0.3) is 0 Å². The molecule has 6 nitrogen and oxygen atoms in total. The molecule has 1 aromatic carbocycles. The molecule has 0 unspecified atom stereocenters. The second-order valence-corrected chi connectivity index (χ2v) is 5.32. The fourth-order valence-electron chi connectivity index (χ4n) is 2.55. The molecule has 0 bridgehead atoms. The van der Waals surface area contributed by atoms with Crippen LogP contribution in [-0.4, -0.2) is 27.0 Å². The first-order chi connectivity index (χ1) is 10.7. The van der Waals surface area contributed by atoms with E-state index in [9.17, 15) is 4.79 Å². The summed E-state index contributed by atoms with van der Waals surface area (Å²) in [6.07, 6.45) is 1.51. The summed E-state index contributed by atoms with van der Waals surface area (Å²) in [4.78, 5) is 11.2. The Kier molecular flexibility index (Phi) is 3.90. The Hall–Kier alpha value is -2.65. The van der Waals surface area contributed by atoms with Gasteiger partial charge in [-0.15, -0.1) is 0 Å². The molecule has 1 fully saturated rings. The van der Waals surface area contributed by atoms with Crippen molar-refractivity contribution in [1.29, 1.82) is 5.26 Å². The van der Waals surface area contributed by atoms with Gasteiger partial charge < -0.3 is 9.84 Å². The predicted molar refractivity (Wildman–Crippen MR) is 77.2 cm³/mol. The Labute approximate surface area is 127 Å². The predicted octanol–water partition coefficient (Wildman–Crippen LogP) is 2.37. The topological polar surface area (TPSA) is 88.1 Å². The van der Waals surface area contributed by atoms with Crippen molar-refractivity contribution >= 4 is 5.97 Å². The number of aromatic carboxylic acids is 1. The largest absolute Gasteiger partial charge is 0.477 e. The van der Waals surface area contributed by atoms with Crippen molar-refractivity contribution in [2.24, 2.45) is 0 Å². The number of aromatic nitrogens is 2. The number of hydrogen-bond donors (Lipinski definition) is 1. The van der Waals surface area contributed by atoms with Gasteiger partial charge >= 0.3 is 5.97 Å². The molecule has 2 aromatic rings. The molecule has 1 saturated carbocycles. The SMILES string of the molecule is N#Cc1cc(C(=O)O)n([C@H]2C[C@H](OCc3ccccc3)C2)n1. The number of carboxylic acids is 1. The normalized spacial score (nSPS) is 20.1. The standard InChI is InChI=1S/C16H15N3O3/c17-9-12-6-15(16(20)21)19(18-12)13-7-14(8-13)22-10-11-4-2-1-3-5-11/h1-6,13-14H,7-8,10H2,(H,20,21)/t13-,14-. The molecule has 1 aromatic heterocycles. The van der Waals surface area contributed by atoms with Crippen molar-refractivity contribution in [1.82, 2.24) is 9.78 Å². The maximum Gasteiger partial charge on any atom is 0.354 e. The summed E-state index contributed by atoms with van der Waals surface area (Å²) < 4.78 is 7.23. The highest BCUT2D eigenvalue weighted by molar-refractivity contribution is 5.86. The van der Waals surface area contributed by atoms with E-state index in [1.807, 2.05) is 36.4 Å². The van der Waals surface area contributed by atoms with E-state index >= 15 is 0 Å². The lowest BCUT2D eigenvalue weighted by molar-refractivity contribution is -0.0391. The second kappa shape index (κ2) is 6.00. The molecule has 112 valence electrons. The van der Waals surface area contributed by atoms with E-state index in [1.54, 1.807) is 0 Å². The van der Waals surface area contributed by atoms with Crippen LogP contribution in [-0.2, 0) is 11.3 Å². The molecule has 1 N–H and O–H groups in total. The van der Waals surface area contributed by atoms with Crippen molar-refractivity contribution in [3.8, 4) is 6.07 Å². The van der Waals surface area contributed by atoms with Crippen LogP contribution in [0.25, 0.3) is 0 Å². The molecular formula is C16H15N3O3. The summed E-state index contributed by atoms with van der Waals surface area (Å²) in [5.74, 6) is -1.07. The van der Waals surface area contributed by atoms with Gasteiger partial charge in [-0.05, 0) is 18.4 Å². The van der Waals surface area contributed by atoms with Crippen LogP contribution in [0.4, 0.5) is 0 Å².